The van der Waals surface area contributed by atoms with E-state index in [4.69, 9.17) is 9.15 Å². The number of hydrogen-bond acceptors (Lipinski definition) is 4. The molecule has 2 heterocycles. The largest absolute Gasteiger partial charge is 0.484 e. The zero-order chi connectivity index (χ0) is 18.5. The standard InChI is InChI=1S/C20H24N2O4/c1-14-5-6-17(15(2)12-14)26-13-19(23)22-9-7-16(8-10-22)21-20(24)18-4-3-11-25-18/h3-6,11-12,16H,7-10,13H2,1-2H3,(H,21,24). The van der Waals surface area contributed by atoms with Crippen LogP contribution >= 0.6 is 0 Å². The lowest BCUT2D eigenvalue weighted by atomic mass is 10.0. The number of carbonyl (C=O) groups is 2. The van der Waals surface area contributed by atoms with Crippen molar-refractivity contribution >= 4 is 11.8 Å². The fraction of sp³-hybridized carbons (Fsp3) is 0.400. The van der Waals surface area contributed by atoms with Crippen molar-refractivity contribution in [2.24, 2.45) is 0 Å². The molecule has 6 nitrogen and oxygen atoms in total. The van der Waals surface area contributed by atoms with Gasteiger partial charge in [0.2, 0.25) is 0 Å². The summed E-state index contributed by atoms with van der Waals surface area (Å²) in [6.07, 6.45) is 2.93. The highest BCUT2D eigenvalue weighted by atomic mass is 16.5. The quantitative estimate of drug-likeness (QED) is 0.894. The van der Waals surface area contributed by atoms with Gasteiger partial charge in [-0.25, -0.2) is 0 Å². The highest BCUT2D eigenvalue weighted by molar-refractivity contribution is 5.91. The summed E-state index contributed by atoms with van der Waals surface area (Å²) in [5.74, 6) is 0.814. The Morgan fingerprint density at radius 1 is 1.23 bits per heavy atom. The molecule has 1 aliphatic heterocycles. The summed E-state index contributed by atoms with van der Waals surface area (Å²) in [7, 11) is 0. The topological polar surface area (TPSA) is 71.8 Å². The van der Waals surface area contributed by atoms with Crippen LogP contribution in [0.15, 0.2) is 41.0 Å². The fourth-order valence-corrected chi connectivity index (χ4v) is 3.13. The van der Waals surface area contributed by atoms with E-state index in [1.54, 1.807) is 17.0 Å². The van der Waals surface area contributed by atoms with E-state index >= 15 is 0 Å². The average Bonchev–Trinajstić information content (AvgIpc) is 3.16. The predicted octanol–water partition coefficient (Wildman–Crippen LogP) is 2.70. The molecule has 1 aromatic carbocycles. The second-order valence-corrected chi connectivity index (χ2v) is 6.66. The molecule has 0 unspecified atom stereocenters. The first kappa shape index (κ1) is 18.0. The minimum atomic E-state index is -0.210. The van der Waals surface area contributed by atoms with Crippen LogP contribution in [0.25, 0.3) is 0 Å². The van der Waals surface area contributed by atoms with Gasteiger partial charge in [0.1, 0.15) is 5.75 Å². The number of rotatable bonds is 5. The summed E-state index contributed by atoms with van der Waals surface area (Å²) < 4.78 is 10.8. The molecular weight excluding hydrogens is 332 g/mol. The van der Waals surface area contributed by atoms with Crippen LogP contribution in [0.5, 0.6) is 5.75 Å². The summed E-state index contributed by atoms with van der Waals surface area (Å²) in [6, 6.07) is 9.28. The van der Waals surface area contributed by atoms with E-state index in [2.05, 4.69) is 5.32 Å². The van der Waals surface area contributed by atoms with Gasteiger partial charge in [0.15, 0.2) is 12.4 Å². The molecule has 3 rings (SSSR count). The van der Waals surface area contributed by atoms with E-state index in [0.29, 0.717) is 18.8 Å². The highest BCUT2D eigenvalue weighted by Crippen LogP contribution is 2.19. The second kappa shape index (κ2) is 8.08. The van der Waals surface area contributed by atoms with Crippen LogP contribution < -0.4 is 10.1 Å². The highest BCUT2D eigenvalue weighted by Gasteiger charge is 2.25. The molecule has 1 saturated heterocycles. The van der Waals surface area contributed by atoms with Crippen LogP contribution in [0.2, 0.25) is 0 Å². The van der Waals surface area contributed by atoms with Gasteiger partial charge in [-0.05, 0) is 50.5 Å². The Balaban J connectivity index is 1.44. The van der Waals surface area contributed by atoms with Gasteiger partial charge in [0.25, 0.3) is 11.8 Å². The third-order valence-electron chi connectivity index (χ3n) is 4.61. The number of benzene rings is 1. The first-order chi connectivity index (χ1) is 12.5. The zero-order valence-electron chi connectivity index (χ0n) is 15.2. The molecule has 0 atom stereocenters. The van der Waals surface area contributed by atoms with Crippen LogP contribution in [0, 0.1) is 13.8 Å². The van der Waals surface area contributed by atoms with E-state index in [9.17, 15) is 9.59 Å². The molecule has 0 spiro atoms. The number of hydrogen-bond donors (Lipinski definition) is 1. The van der Waals surface area contributed by atoms with Crippen molar-refractivity contribution < 1.29 is 18.7 Å². The minimum absolute atomic E-state index is 0.0270. The van der Waals surface area contributed by atoms with Crippen molar-refractivity contribution in [2.45, 2.75) is 32.7 Å². The lowest BCUT2D eigenvalue weighted by Gasteiger charge is -2.32. The average molecular weight is 356 g/mol. The van der Waals surface area contributed by atoms with Crippen LogP contribution in [-0.4, -0.2) is 42.5 Å². The zero-order valence-corrected chi connectivity index (χ0v) is 15.2. The van der Waals surface area contributed by atoms with Gasteiger partial charge in [-0.3, -0.25) is 9.59 Å². The summed E-state index contributed by atoms with van der Waals surface area (Å²) in [4.78, 5) is 26.2. The molecular formula is C20H24N2O4. The van der Waals surface area contributed by atoms with Gasteiger partial charge in [-0.2, -0.15) is 0 Å². The molecule has 0 aliphatic carbocycles. The molecule has 1 aromatic heterocycles. The SMILES string of the molecule is Cc1ccc(OCC(=O)N2CCC(NC(=O)c3ccco3)CC2)c(C)c1. The first-order valence-corrected chi connectivity index (χ1v) is 8.85. The van der Waals surface area contributed by atoms with Gasteiger partial charge in [0.05, 0.1) is 6.26 Å². The van der Waals surface area contributed by atoms with Crippen LogP contribution in [-0.2, 0) is 4.79 Å². The van der Waals surface area contributed by atoms with Gasteiger partial charge in [-0.15, -0.1) is 0 Å². The number of amides is 2. The maximum atomic E-state index is 12.4. The Labute approximate surface area is 153 Å². The van der Waals surface area contributed by atoms with Gasteiger partial charge >= 0.3 is 0 Å². The Morgan fingerprint density at radius 3 is 2.65 bits per heavy atom. The molecule has 1 fully saturated rings. The monoisotopic (exact) mass is 356 g/mol. The molecule has 0 bridgehead atoms. The van der Waals surface area contributed by atoms with Crippen molar-refractivity contribution in [2.75, 3.05) is 19.7 Å². The minimum Gasteiger partial charge on any atom is -0.484 e. The van der Waals surface area contributed by atoms with E-state index in [-0.39, 0.29) is 24.5 Å². The third-order valence-corrected chi connectivity index (χ3v) is 4.61. The van der Waals surface area contributed by atoms with Gasteiger partial charge in [0, 0.05) is 19.1 Å². The number of likely N-dealkylation sites (tertiary alicyclic amines) is 1. The van der Waals surface area contributed by atoms with Crippen molar-refractivity contribution in [1.82, 2.24) is 10.2 Å². The summed E-state index contributed by atoms with van der Waals surface area (Å²) >= 11 is 0. The van der Waals surface area contributed by atoms with E-state index < -0.39 is 0 Å². The first-order valence-electron chi connectivity index (χ1n) is 8.85. The van der Waals surface area contributed by atoms with Crippen LogP contribution in [0.1, 0.15) is 34.5 Å². The summed E-state index contributed by atoms with van der Waals surface area (Å²) in [5, 5.41) is 2.95. The number of furan rings is 1. The molecule has 1 aliphatic rings. The third kappa shape index (κ3) is 4.45. The smallest absolute Gasteiger partial charge is 0.287 e. The molecule has 26 heavy (non-hydrogen) atoms. The van der Waals surface area contributed by atoms with E-state index in [1.807, 2.05) is 32.0 Å². The molecule has 2 aromatic rings. The maximum Gasteiger partial charge on any atom is 0.287 e. The number of carbonyl (C=O) groups excluding carboxylic acids is 2. The lowest BCUT2D eigenvalue weighted by Crippen LogP contribution is -2.47. The second-order valence-electron chi connectivity index (χ2n) is 6.66. The number of nitrogens with one attached hydrogen (secondary N) is 1. The van der Waals surface area contributed by atoms with Crippen molar-refractivity contribution in [3.8, 4) is 5.75 Å². The molecule has 6 heteroatoms. The maximum absolute atomic E-state index is 12.4. The summed E-state index contributed by atoms with van der Waals surface area (Å²) in [6.45, 7) is 5.25. The van der Waals surface area contributed by atoms with Crippen molar-refractivity contribution in [1.29, 1.82) is 0 Å². The summed E-state index contributed by atoms with van der Waals surface area (Å²) in [5.41, 5.74) is 2.19. The van der Waals surface area contributed by atoms with Crippen molar-refractivity contribution in [3.63, 3.8) is 0 Å². The Kier molecular flexibility index (Phi) is 5.61. The molecule has 1 N–H and O–H groups in total. The molecule has 2 amide bonds. The molecule has 138 valence electrons. The Morgan fingerprint density at radius 2 is 2.00 bits per heavy atom. The van der Waals surface area contributed by atoms with Crippen molar-refractivity contribution in [3.05, 3.63) is 53.5 Å². The van der Waals surface area contributed by atoms with Gasteiger partial charge in [-0.1, -0.05) is 17.7 Å². The van der Waals surface area contributed by atoms with Crippen LogP contribution in [0.3, 0.4) is 0 Å². The van der Waals surface area contributed by atoms with Crippen LogP contribution in [0.4, 0.5) is 0 Å². The lowest BCUT2D eigenvalue weighted by molar-refractivity contribution is -0.134. The normalized spacial score (nSPS) is 14.9. The molecule has 0 radical (unpaired) electrons. The van der Waals surface area contributed by atoms with E-state index in [1.165, 1.54) is 11.8 Å². The number of aryl methyl sites for hydroxylation is 2. The number of nitrogens with zero attached hydrogens (tertiary/aromatic N) is 1. The molecule has 0 saturated carbocycles. The number of ether oxygens (including phenoxy) is 1. The Bertz CT molecular complexity index is 762. The Hall–Kier alpha value is -2.76. The van der Waals surface area contributed by atoms with E-state index in [0.717, 1.165) is 24.2 Å². The fourth-order valence-electron chi connectivity index (χ4n) is 3.13. The predicted molar refractivity (Wildman–Crippen MR) is 97.2 cm³/mol. The van der Waals surface area contributed by atoms with Gasteiger partial charge < -0.3 is 19.4 Å². The number of piperidine rings is 1.